The lowest BCUT2D eigenvalue weighted by Gasteiger charge is -2.41. The molecule has 0 bridgehead atoms. The summed E-state index contributed by atoms with van der Waals surface area (Å²) < 4.78 is 53.7. The zero-order valence-corrected chi connectivity index (χ0v) is 20.4. The van der Waals surface area contributed by atoms with E-state index in [1.165, 1.54) is 4.31 Å². The van der Waals surface area contributed by atoms with E-state index < -0.39 is 26.2 Å². The average Bonchev–Trinajstić information content (AvgIpc) is 2.84. The minimum absolute atomic E-state index is 0.0890. The zero-order valence-electron chi connectivity index (χ0n) is 18.8. The summed E-state index contributed by atoms with van der Waals surface area (Å²) in [5.74, 6) is -0.546. The number of nitrogens with zero attached hydrogens (tertiary/aromatic N) is 2. The van der Waals surface area contributed by atoms with E-state index in [0.29, 0.717) is 38.8 Å². The molecule has 0 aliphatic carbocycles. The first-order valence-electron chi connectivity index (χ1n) is 11.4. The lowest BCUT2D eigenvalue weighted by molar-refractivity contribution is -0.138. The number of piperidine rings is 2. The number of sulfonamides is 1. The number of likely N-dealkylation sites (tertiary alicyclic amines) is 1. The van der Waals surface area contributed by atoms with Gasteiger partial charge in [-0.1, -0.05) is 48.5 Å². The van der Waals surface area contributed by atoms with Crippen LogP contribution in [0, 0.1) is 5.92 Å². The van der Waals surface area contributed by atoms with Gasteiger partial charge in [0.05, 0.1) is 16.9 Å². The van der Waals surface area contributed by atoms with Crippen molar-refractivity contribution in [1.29, 1.82) is 0 Å². The Morgan fingerprint density at radius 1 is 0.853 bits per heavy atom. The van der Waals surface area contributed by atoms with Crippen molar-refractivity contribution < 1.29 is 21.6 Å². The van der Waals surface area contributed by atoms with E-state index in [-0.39, 0.29) is 29.4 Å². The molecule has 0 aromatic heterocycles. The van der Waals surface area contributed by atoms with E-state index in [1.807, 2.05) is 30.3 Å². The first-order chi connectivity index (χ1) is 16.1. The summed E-state index contributed by atoms with van der Waals surface area (Å²) in [7, 11) is -7.60. The molecule has 11 heteroatoms. The normalized spacial score (nSPS) is 23.0. The Bertz CT molecular complexity index is 1200. The van der Waals surface area contributed by atoms with E-state index in [4.69, 9.17) is 5.14 Å². The van der Waals surface area contributed by atoms with Gasteiger partial charge in [-0.3, -0.25) is 4.79 Å². The molecule has 184 valence electrons. The van der Waals surface area contributed by atoms with Crippen LogP contribution in [0.2, 0.25) is 0 Å². The fourth-order valence-electron chi connectivity index (χ4n) is 4.85. The third-order valence-electron chi connectivity index (χ3n) is 6.56. The van der Waals surface area contributed by atoms with Crippen LogP contribution in [-0.2, 0) is 25.0 Å². The van der Waals surface area contributed by atoms with Gasteiger partial charge in [-0.2, -0.15) is 17.4 Å². The topological polar surface area (TPSA) is 130 Å². The summed E-state index contributed by atoms with van der Waals surface area (Å²) in [6, 6.07) is 17.2. The van der Waals surface area contributed by atoms with Gasteiger partial charge >= 0.3 is 0 Å². The summed E-state index contributed by atoms with van der Waals surface area (Å²) in [6.45, 7) is 0.900. The van der Waals surface area contributed by atoms with Gasteiger partial charge in [-0.25, -0.2) is 13.6 Å². The fourth-order valence-corrected chi connectivity index (χ4v) is 7.26. The van der Waals surface area contributed by atoms with Crippen LogP contribution >= 0.6 is 0 Å². The van der Waals surface area contributed by atoms with E-state index in [2.05, 4.69) is 4.72 Å². The molecular formula is C23H30N4O5S2. The highest BCUT2D eigenvalue weighted by Gasteiger charge is 2.41. The van der Waals surface area contributed by atoms with E-state index in [0.717, 1.165) is 5.56 Å². The van der Waals surface area contributed by atoms with Crippen molar-refractivity contribution in [2.45, 2.75) is 42.7 Å². The van der Waals surface area contributed by atoms with E-state index in [9.17, 15) is 21.6 Å². The maximum atomic E-state index is 13.6. The van der Waals surface area contributed by atoms with Gasteiger partial charge in [0.1, 0.15) is 0 Å². The molecule has 0 radical (unpaired) electrons. The van der Waals surface area contributed by atoms with Crippen LogP contribution in [0.15, 0.2) is 65.6 Å². The average molecular weight is 507 g/mol. The van der Waals surface area contributed by atoms with Gasteiger partial charge in [0.2, 0.25) is 15.9 Å². The fraction of sp³-hybridized carbons (Fsp3) is 0.435. The maximum Gasteiger partial charge on any atom is 0.274 e. The largest absolute Gasteiger partial charge is 0.342 e. The molecule has 2 aromatic rings. The number of carbonyl (C=O) groups is 1. The second-order valence-corrected chi connectivity index (χ2v) is 12.1. The zero-order chi connectivity index (χ0) is 24.3. The van der Waals surface area contributed by atoms with Gasteiger partial charge in [0.15, 0.2) is 0 Å². The molecule has 2 saturated heterocycles. The summed E-state index contributed by atoms with van der Waals surface area (Å²) >= 11 is 0. The van der Waals surface area contributed by atoms with Gasteiger partial charge in [-0.05, 0) is 43.4 Å². The molecule has 3 N–H and O–H groups in total. The van der Waals surface area contributed by atoms with Crippen molar-refractivity contribution in [2.75, 3.05) is 19.6 Å². The second-order valence-electron chi connectivity index (χ2n) is 8.85. The van der Waals surface area contributed by atoms with Crippen LogP contribution in [0.3, 0.4) is 0 Å². The molecule has 2 fully saturated rings. The third kappa shape index (κ3) is 5.66. The van der Waals surface area contributed by atoms with Crippen LogP contribution in [0.4, 0.5) is 0 Å². The highest BCUT2D eigenvalue weighted by Crippen LogP contribution is 2.38. The molecule has 2 aliphatic rings. The van der Waals surface area contributed by atoms with Crippen molar-refractivity contribution in [1.82, 2.24) is 13.9 Å². The Labute approximate surface area is 201 Å². The summed E-state index contributed by atoms with van der Waals surface area (Å²) in [5.41, 5.74) is 0.905. The van der Waals surface area contributed by atoms with Gasteiger partial charge in [0, 0.05) is 25.7 Å². The standard InChI is InChI=1S/C23H30N4O5S2/c24-34(31,32)25-20-13-15-26(16-14-20)23(28)19-11-12-22(18-7-3-1-4-8-18)27(17-19)33(29,30)21-9-5-2-6-10-21/h1-10,19-20,22,25H,11-17H2,(H2,24,31,32). The Morgan fingerprint density at radius 3 is 2.03 bits per heavy atom. The highest BCUT2D eigenvalue weighted by molar-refractivity contribution is 7.89. The third-order valence-corrected chi connectivity index (χ3v) is 9.11. The molecule has 2 aliphatic heterocycles. The smallest absolute Gasteiger partial charge is 0.274 e. The summed E-state index contributed by atoms with van der Waals surface area (Å²) in [5, 5.41) is 5.06. The summed E-state index contributed by atoms with van der Waals surface area (Å²) in [6.07, 6.45) is 2.05. The lowest BCUT2D eigenvalue weighted by Crippen LogP contribution is -2.52. The molecule has 0 spiro atoms. The molecular weight excluding hydrogens is 476 g/mol. The Hall–Kier alpha value is -2.31. The molecule has 2 aromatic carbocycles. The Kier molecular flexibility index (Phi) is 7.39. The Balaban J connectivity index is 1.53. The molecule has 0 saturated carbocycles. The quantitative estimate of drug-likeness (QED) is 0.615. The van der Waals surface area contributed by atoms with Gasteiger partial charge < -0.3 is 4.90 Å². The number of carbonyl (C=O) groups excluding carboxylic acids is 1. The van der Waals surface area contributed by atoms with Crippen LogP contribution in [-0.4, -0.2) is 57.6 Å². The molecule has 4 rings (SSSR count). The molecule has 34 heavy (non-hydrogen) atoms. The van der Waals surface area contributed by atoms with Crippen molar-refractivity contribution in [3.63, 3.8) is 0 Å². The number of hydrogen-bond donors (Lipinski definition) is 2. The van der Waals surface area contributed by atoms with Crippen molar-refractivity contribution in [3.05, 3.63) is 66.2 Å². The predicted octanol–water partition coefficient (Wildman–Crippen LogP) is 1.61. The molecule has 1 amide bonds. The van der Waals surface area contributed by atoms with Gasteiger partial charge in [0.25, 0.3) is 10.2 Å². The molecule has 2 atom stereocenters. The van der Waals surface area contributed by atoms with Crippen LogP contribution in [0.1, 0.15) is 37.3 Å². The minimum atomic E-state index is -3.81. The number of benzene rings is 2. The number of amides is 1. The van der Waals surface area contributed by atoms with Crippen molar-refractivity contribution in [3.8, 4) is 0 Å². The lowest BCUT2D eigenvalue weighted by atomic mass is 9.89. The minimum Gasteiger partial charge on any atom is -0.342 e. The van der Waals surface area contributed by atoms with Crippen LogP contribution < -0.4 is 9.86 Å². The maximum absolute atomic E-state index is 13.6. The van der Waals surface area contributed by atoms with E-state index >= 15 is 0 Å². The van der Waals surface area contributed by atoms with Crippen molar-refractivity contribution >= 4 is 26.1 Å². The molecule has 9 nitrogen and oxygen atoms in total. The number of rotatable bonds is 6. The molecule has 2 unspecified atom stereocenters. The number of nitrogens with one attached hydrogen (secondary N) is 1. The number of hydrogen-bond acceptors (Lipinski definition) is 5. The van der Waals surface area contributed by atoms with E-state index in [1.54, 1.807) is 35.2 Å². The van der Waals surface area contributed by atoms with Crippen LogP contribution in [0.5, 0.6) is 0 Å². The summed E-state index contributed by atoms with van der Waals surface area (Å²) in [4.78, 5) is 15.3. The predicted molar refractivity (Wildman–Crippen MR) is 128 cm³/mol. The number of nitrogens with two attached hydrogens (primary N) is 1. The SMILES string of the molecule is NS(=O)(=O)NC1CCN(C(=O)C2CCC(c3ccccc3)N(S(=O)(=O)c3ccccc3)C2)CC1. The first kappa shape index (κ1) is 24.8. The monoisotopic (exact) mass is 506 g/mol. The van der Waals surface area contributed by atoms with Crippen LogP contribution in [0.25, 0.3) is 0 Å². The van der Waals surface area contributed by atoms with Gasteiger partial charge in [-0.15, -0.1) is 0 Å². The first-order valence-corrected chi connectivity index (χ1v) is 14.3. The highest BCUT2D eigenvalue weighted by atomic mass is 32.2. The Morgan fingerprint density at radius 2 is 1.44 bits per heavy atom. The molecule has 2 heterocycles. The van der Waals surface area contributed by atoms with Crippen molar-refractivity contribution in [2.24, 2.45) is 11.1 Å². The second kappa shape index (κ2) is 10.1.